The summed E-state index contributed by atoms with van der Waals surface area (Å²) in [5, 5.41) is 3.63. The lowest BCUT2D eigenvalue weighted by Crippen LogP contribution is -2.29. The van der Waals surface area contributed by atoms with Gasteiger partial charge in [0.15, 0.2) is 0 Å². The molecular weight excluding hydrogens is 256 g/mol. The zero-order chi connectivity index (χ0) is 14.9. The summed E-state index contributed by atoms with van der Waals surface area (Å²) in [7, 11) is 0. The second kappa shape index (κ2) is 8.96. The Bertz CT molecular complexity index is 379. The Kier molecular flexibility index (Phi) is 6.91. The number of nitrogens with zero attached hydrogens (tertiary/aromatic N) is 1. The van der Waals surface area contributed by atoms with Crippen molar-refractivity contribution >= 4 is 11.4 Å². The third-order valence-corrected chi connectivity index (χ3v) is 4.49. The molecule has 0 aliphatic carbocycles. The highest BCUT2D eigenvalue weighted by molar-refractivity contribution is 5.55. The largest absolute Gasteiger partial charge is 0.383 e. The summed E-state index contributed by atoms with van der Waals surface area (Å²) < 4.78 is 0. The van der Waals surface area contributed by atoms with Crippen LogP contribution in [0.3, 0.4) is 0 Å². The molecule has 1 N–H and O–H groups in total. The Morgan fingerprint density at radius 1 is 1.00 bits per heavy atom. The molecule has 1 aromatic rings. The van der Waals surface area contributed by atoms with Gasteiger partial charge in [0.1, 0.15) is 0 Å². The van der Waals surface area contributed by atoms with Gasteiger partial charge in [-0.1, -0.05) is 32.6 Å². The molecule has 1 fully saturated rings. The monoisotopic (exact) mass is 288 g/mol. The topological polar surface area (TPSA) is 15.3 Å². The van der Waals surface area contributed by atoms with Gasteiger partial charge in [0.2, 0.25) is 0 Å². The van der Waals surface area contributed by atoms with Crippen molar-refractivity contribution in [3.63, 3.8) is 0 Å². The Morgan fingerprint density at radius 2 is 1.71 bits per heavy atom. The highest BCUT2D eigenvalue weighted by Crippen LogP contribution is 2.22. The maximum atomic E-state index is 3.63. The van der Waals surface area contributed by atoms with Crippen molar-refractivity contribution in [1.29, 1.82) is 0 Å². The van der Waals surface area contributed by atoms with E-state index in [1.807, 2.05) is 0 Å². The summed E-state index contributed by atoms with van der Waals surface area (Å²) in [6.45, 7) is 7.01. The van der Waals surface area contributed by atoms with Crippen molar-refractivity contribution in [3.05, 3.63) is 24.3 Å². The summed E-state index contributed by atoms with van der Waals surface area (Å²) in [6.07, 6.45) is 10.8. The average Bonchev–Trinajstić information content (AvgIpc) is 2.53. The van der Waals surface area contributed by atoms with E-state index in [0.717, 1.165) is 0 Å². The first kappa shape index (κ1) is 16.2. The Hall–Kier alpha value is -1.18. The van der Waals surface area contributed by atoms with Crippen molar-refractivity contribution in [2.45, 2.75) is 71.3 Å². The molecule has 2 heteroatoms. The van der Waals surface area contributed by atoms with E-state index < -0.39 is 0 Å². The van der Waals surface area contributed by atoms with Gasteiger partial charge in [0, 0.05) is 30.5 Å². The number of anilines is 2. The molecule has 1 unspecified atom stereocenters. The number of hydrogen-bond donors (Lipinski definition) is 1. The van der Waals surface area contributed by atoms with Crippen LogP contribution in [0.25, 0.3) is 0 Å². The zero-order valence-electron chi connectivity index (χ0n) is 13.9. The smallest absolute Gasteiger partial charge is 0.0367 e. The van der Waals surface area contributed by atoms with Crippen LogP contribution in [0.1, 0.15) is 65.2 Å². The molecule has 0 radical (unpaired) electrons. The average molecular weight is 288 g/mol. The lowest BCUT2D eigenvalue weighted by molar-refractivity contribution is 0.578. The molecule has 0 bridgehead atoms. The van der Waals surface area contributed by atoms with E-state index >= 15 is 0 Å². The lowest BCUT2D eigenvalue weighted by Gasteiger charge is -2.29. The summed E-state index contributed by atoms with van der Waals surface area (Å²) in [6, 6.07) is 9.61. The molecule has 1 saturated heterocycles. The summed E-state index contributed by atoms with van der Waals surface area (Å²) >= 11 is 0. The fourth-order valence-corrected chi connectivity index (χ4v) is 3.15. The maximum absolute atomic E-state index is 3.63. The van der Waals surface area contributed by atoms with Gasteiger partial charge >= 0.3 is 0 Å². The van der Waals surface area contributed by atoms with Gasteiger partial charge in [-0.15, -0.1) is 0 Å². The molecular formula is C19H32N2. The second-order valence-electron chi connectivity index (χ2n) is 6.49. The molecule has 2 rings (SSSR count). The van der Waals surface area contributed by atoms with E-state index in [9.17, 15) is 0 Å². The molecule has 21 heavy (non-hydrogen) atoms. The molecule has 0 spiro atoms. The molecule has 0 aromatic heterocycles. The quantitative estimate of drug-likeness (QED) is 0.640. The molecule has 118 valence electrons. The SMILES string of the molecule is CCCCCCC(C)Nc1ccc(N2CCCCC2)cc1. The Morgan fingerprint density at radius 3 is 2.38 bits per heavy atom. The van der Waals surface area contributed by atoms with Gasteiger partial charge in [-0.05, 0) is 56.9 Å². The minimum absolute atomic E-state index is 0.572. The minimum Gasteiger partial charge on any atom is -0.383 e. The van der Waals surface area contributed by atoms with Gasteiger partial charge in [-0.3, -0.25) is 0 Å². The van der Waals surface area contributed by atoms with Gasteiger partial charge in [-0.2, -0.15) is 0 Å². The lowest BCUT2D eigenvalue weighted by atomic mass is 10.1. The summed E-state index contributed by atoms with van der Waals surface area (Å²) in [5.74, 6) is 0. The van der Waals surface area contributed by atoms with E-state index in [-0.39, 0.29) is 0 Å². The standard InChI is InChI=1S/C19H32N2/c1-3-4-5-7-10-17(2)20-18-11-13-19(14-12-18)21-15-8-6-9-16-21/h11-14,17,20H,3-10,15-16H2,1-2H3. The van der Waals surface area contributed by atoms with Crippen LogP contribution >= 0.6 is 0 Å². The molecule has 2 nitrogen and oxygen atoms in total. The minimum atomic E-state index is 0.572. The van der Waals surface area contributed by atoms with E-state index in [0.29, 0.717) is 6.04 Å². The van der Waals surface area contributed by atoms with Crippen LogP contribution in [0.15, 0.2) is 24.3 Å². The Labute approximate surface area is 130 Å². The van der Waals surface area contributed by atoms with Crippen LogP contribution in [-0.4, -0.2) is 19.1 Å². The van der Waals surface area contributed by atoms with Crippen LogP contribution in [0.2, 0.25) is 0 Å². The fraction of sp³-hybridized carbons (Fsp3) is 0.684. The van der Waals surface area contributed by atoms with Gasteiger partial charge in [0.05, 0.1) is 0 Å². The maximum Gasteiger partial charge on any atom is 0.0367 e. The summed E-state index contributed by atoms with van der Waals surface area (Å²) in [5.41, 5.74) is 2.65. The van der Waals surface area contributed by atoms with Crippen LogP contribution in [-0.2, 0) is 0 Å². The molecule has 1 aliphatic rings. The third-order valence-electron chi connectivity index (χ3n) is 4.49. The fourth-order valence-electron chi connectivity index (χ4n) is 3.15. The van der Waals surface area contributed by atoms with E-state index in [1.54, 1.807) is 0 Å². The third kappa shape index (κ3) is 5.61. The number of hydrogen-bond acceptors (Lipinski definition) is 2. The van der Waals surface area contributed by atoms with Crippen molar-refractivity contribution in [2.24, 2.45) is 0 Å². The van der Waals surface area contributed by atoms with Crippen molar-refractivity contribution < 1.29 is 0 Å². The normalized spacial score (nSPS) is 16.8. The number of piperidine rings is 1. The van der Waals surface area contributed by atoms with Crippen molar-refractivity contribution in [2.75, 3.05) is 23.3 Å². The van der Waals surface area contributed by atoms with Crippen molar-refractivity contribution in [1.82, 2.24) is 0 Å². The van der Waals surface area contributed by atoms with E-state index in [1.165, 1.54) is 75.8 Å². The van der Waals surface area contributed by atoms with Crippen LogP contribution in [0, 0.1) is 0 Å². The first-order valence-corrected chi connectivity index (χ1v) is 8.91. The van der Waals surface area contributed by atoms with E-state index in [4.69, 9.17) is 0 Å². The molecule has 1 heterocycles. The molecule has 0 amide bonds. The van der Waals surface area contributed by atoms with Gasteiger partial charge in [-0.25, -0.2) is 0 Å². The summed E-state index contributed by atoms with van der Waals surface area (Å²) in [4.78, 5) is 2.52. The van der Waals surface area contributed by atoms with Gasteiger partial charge < -0.3 is 10.2 Å². The van der Waals surface area contributed by atoms with Crippen molar-refractivity contribution in [3.8, 4) is 0 Å². The number of nitrogens with one attached hydrogen (secondary N) is 1. The van der Waals surface area contributed by atoms with Crippen LogP contribution in [0.5, 0.6) is 0 Å². The predicted molar refractivity (Wildman–Crippen MR) is 94.3 cm³/mol. The Balaban J connectivity index is 1.76. The highest BCUT2D eigenvalue weighted by atomic mass is 15.1. The second-order valence-corrected chi connectivity index (χ2v) is 6.49. The first-order valence-electron chi connectivity index (χ1n) is 8.91. The zero-order valence-corrected chi connectivity index (χ0v) is 13.9. The number of unbranched alkanes of at least 4 members (excludes halogenated alkanes) is 3. The van der Waals surface area contributed by atoms with Crippen LogP contribution in [0.4, 0.5) is 11.4 Å². The molecule has 1 atom stereocenters. The molecule has 0 saturated carbocycles. The number of benzene rings is 1. The van der Waals surface area contributed by atoms with E-state index in [2.05, 4.69) is 48.3 Å². The number of rotatable bonds is 8. The van der Waals surface area contributed by atoms with Gasteiger partial charge in [0.25, 0.3) is 0 Å². The molecule has 1 aliphatic heterocycles. The van der Waals surface area contributed by atoms with Crippen LogP contribution < -0.4 is 10.2 Å². The predicted octanol–water partition coefficient (Wildman–Crippen LogP) is 5.45. The molecule has 1 aromatic carbocycles. The first-order chi connectivity index (χ1) is 10.3. The highest BCUT2D eigenvalue weighted by Gasteiger charge is 2.10.